The zero-order chi connectivity index (χ0) is 17.9. The minimum absolute atomic E-state index is 0.0709. The summed E-state index contributed by atoms with van der Waals surface area (Å²) in [7, 11) is 0. The van der Waals surface area contributed by atoms with Crippen LogP contribution in [0, 0.1) is 0 Å². The van der Waals surface area contributed by atoms with Crippen LogP contribution in [0.5, 0.6) is 0 Å². The van der Waals surface area contributed by atoms with Crippen LogP contribution < -0.4 is 0 Å². The number of benzene rings is 2. The summed E-state index contributed by atoms with van der Waals surface area (Å²) in [5, 5.41) is 15.9. The van der Waals surface area contributed by atoms with Gasteiger partial charge < -0.3 is 10.0 Å². The van der Waals surface area contributed by atoms with Gasteiger partial charge in [-0.1, -0.05) is 48.5 Å². The topological polar surface area (TPSA) is 58.4 Å². The Morgan fingerprint density at radius 1 is 1.15 bits per heavy atom. The summed E-state index contributed by atoms with van der Waals surface area (Å²) in [6.07, 6.45) is 3.76. The van der Waals surface area contributed by atoms with E-state index in [1.54, 1.807) is 10.9 Å². The lowest BCUT2D eigenvalue weighted by atomic mass is 10.0. The number of likely N-dealkylation sites (tertiary alicyclic amines) is 1. The smallest absolute Gasteiger partial charge is 0.244 e. The van der Waals surface area contributed by atoms with Crippen LogP contribution in [0.15, 0.2) is 60.8 Å². The van der Waals surface area contributed by atoms with E-state index >= 15 is 0 Å². The van der Waals surface area contributed by atoms with Gasteiger partial charge in [0.2, 0.25) is 5.91 Å². The van der Waals surface area contributed by atoms with Crippen molar-refractivity contribution in [2.45, 2.75) is 38.0 Å². The highest BCUT2D eigenvalue weighted by Crippen LogP contribution is 2.27. The summed E-state index contributed by atoms with van der Waals surface area (Å²) in [6.45, 7) is 0.996. The van der Waals surface area contributed by atoms with Crippen molar-refractivity contribution < 1.29 is 9.90 Å². The molecule has 2 atom stereocenters. The Balaban J connectivity index is 1.45. The molecule has 4 rings (SSSR count). The highest BCUT2D eigenvalue weighted by atomic mass is 16.3. The average molecular weight is 349 g/mol. The van der Waals surface area contributed by atoms with E-state index in [0.29, 0.717) is 6.42 Å². The predicted octanol–water partition coefficient (Wildman–Crippen LogP) is 3.15. The van der Waals surface area contributed by atoms with E-state index in [4.69, 9.17) is 0 Å². The molecule has 0 saturated carbocycles. The second-order valence-corrected chi connectivity index (χ2v) is 6.91. The molecule has 1 fully saturated rings. The van der Waals surface area contributed by atoms with E-state index in [2.05, 4.69) is 5.10 Å². The Morgan fingerprint density at radius 2 is 1.92 bits per heavy atom. The molecule has 1 aromatic heterocycles. The van der Waals surface area contributed by atoms with Crippen LogP contribution in [0.2, 0.25) is 0 Å². The van der Waals surface area contributed by atoms with Gasteiger partial charge in [0.1, 0.15) is 6.54 Å². The first-order valence-corrected chi connectivity index (χ1v) is 9.15. The van der Waals surface area contributed by atoms with Gasteiger partial charge >= 0.3 is 0 Å². The van der Waals surface area contributed by atoms with Gasteiger partial charge in [0, 0.05) is 18.0 Å². The molecule has 2 heterocycles. The fourth-order valence-corrected chi connectivity index (χ4v) is 3.85. The van der Waals surface area contributed by atoms with Gasteiger partial charge in [0.15, 0.2) is 0 Å². The number of aliphatic hydroxyl groups is 1. The SMILES string of the molecule is O=C(Cn1ncc2ccccc21)N1CCC[C@@H]1C[C@@H](O)c1ccccc1. The van der Waals surface area contributed by atoms with Gasteiger partial charge in [-0.3, -0.25) is 9.48 Å². The Bertz CT molecular complexity index is 890. The van der Waals surface area contributed by atoms with Crippen molar-refractivity contribution in [3.05, 3.63) is 66.4 Å². The summed E-state index contributed by atoms with van der Waals surface area (Å²) in [6, 6.07) is 17.7. The number of amides is 1. The first kappa shape index (κ1) is 16.8. The molecule has 1 amide bonds. The second-order valence-electron chi connectivity index (χ2n) is 6.91. The normalized spacial score (nSPS) is 18.3. The minimum atomic E-state index is -0.542. The summed E-state index contributed by atoms with van der Waals surface area (Å²) < 4.78 is 1.76. The molecule has 26 heavy (non-hydrogen) atoms. The number of rotatable bonds is 5. The molecule has 3 aromatic rings. The summed E-state index contributed by atoms with van der Waals surface area (Å²) in [5.41, 5.74) is 1.88. The van der Waals surface area contributed by atoms with Crippen LogP contribution >= 0.6 is 0 Å². The second kappa shape index (κ2) is 7.30. The largest absolute Gasteiger partial charge is 0.388 e. The Labute approximate surface area is 152 Å². The monoisotopic (exact) mass is 349 g/mol. The first-order valence-electron chi connectivity index (χ1n) is 9.15. The fourth-order valence-electron chi connectivity index (χ4n) is 3.85. The van der Waals surface area contributed by atoms with E-state index in [0.717, 1.165) is 35.9 Å². The molecule has 5 nitrogen and oxygen atoms in total. The van der Waals surface area contributed by atoms with Crippen molar-refractivity contribution in [3.8, 4) is 0 Å². The summed E-state index contributed by atoms with van der Waals surface area (Å²) in [5.74, 6) is 0.0709. The summed E-state index contributed by atoms with van der Waals surface area (Å²) >= 11 is 0. The third-order valence-corrected chi connectivity index (χ3v) is 5.21. The molecule has 5 heteroatoms. The van der Waals surface area contributed by atoms with E-state index < -0.39 is 6.10 Å². The molecule has 0 spiro atoms. The van der Waals surface area contributed by atoms with Crippen molar-refractivity contribution in [1.29, 1.82) is 0 Å². The van der Waals surface area contributed by atoms with Crippen molar-refractivity contribution in [2.24, 2.45) is 0 Å². The molecule has 1 saturated heterocycles. The Kier molecular flexibility index (Phi) is 4.71. The Hall–Kier alpha value is -2.66. The van der Waals surface area contributed by atoms with Crippen molar-refractivity contribution >= 4 is 16.8 Å². The van der Waals surface area contributed by atoms with Gasteiger partial charge in [-0.15, -0.1) is 0 Å². The van der Waals surface area contributed by atoms with Crippen LogP contribution in [-0.4, -0.2) is 38.3 Å². The maximum Gasteiger partial charge on any atom is 0.244 e. The minimum Gasteiger partial charge on any atom is -0.388 e. The molecule has 1 aliphatic heterocycles. The highest BCUT2D eigenvalue weighted by Gasteiger charge is 2.30. The van der Waals surface area contributed by atoms with Gasteiger partial charge in [-0.2, -0.15) is 5.10 Å². The Morgan fingerprint density at radius 3 is 2.77 bits per heavy atom. The molecule has 134 valence electrons. The molecule has 1 N–H and O–H groups in total. The quantitative estimate of drug-likeness (QED) is 0.770. The van der Waals surface area contributed by atoms with Gasteiger partial charge in [-0.25, -0.2) is 0 Å². The average Bonchev–Trinajstić information content (AvgIpc) is 3.30. The van der Waals surface area contributed by atoms with E-state index in [1.165, 1.54) is 0 Å². The zero-order valence-electron chi connectivity index (χ0n) is 14.7. The van der Waals surface area contributed by atoms with Crippen molar-refractivity contribution in [1.82, 2.24) is 14.7 Å². The molecule has 0 aliphatic carbocycles. The number of fused-ring (bicyclic) bond motifs is 1. The number of nitrogens with zero attached hydrogens (tertiary/aromatic N) is 3. The molecule has 0 unspecified atom stereocenters. The maximum atomic E-state index is 12.9. The van der Waals surface area contributed by atoms with Crippen molar-refractivity contribution in [3.63, 3.8) is 0 Å². The fraction of sp³-hybridized carbons (Fsp3) is 0.333. The molecule has 0 radical (unpaired) electrons. The summed E-state index contributed by atoms with van der Waals surface area (Å²) in [4.78, 5) is 14.8. The predicted molar refractivity (Wildman–Crippen MR) is 100 cm³/mol. The number of para-hydroxylation sites is 1. The van der Waals surface area contributed by atoms with Crippen LogP contribution in [0.3, 0.4) is 0 Å². The van der Waals surface area contributed by atoms with Crippen LogP contribution in [0.25, 0.3) is 10.9 Å². The molecule has 1 aliphatic rings. The number of aromatic nitrogens is 2. The standard InChI is InChI=1S/C21H23N3O2/c25-20(16-7-2-1-3-8-16)13-18-10-6-12-23(18)21(26)15-24-19-11-5-4-9-17(19)14-22-24/h1-5,7-9,11,14,18,20,25H,6,10,12-13,15H2/t18-,20-/m1/s1. The van der Waals surface area contributed by atoms with Crippen LogP contribution in [0.4, 0.5) is 0 Å². The van der Waals surface area contributed by atoms with E-state index in [-0.39, 0.29) is 18.5 Å². The van der Waals surface area contributed by atoms with E-state index in [9.17, 15) is 9.90 Å². The molecular weight excluding hydrogens is 326 g/mol. The van der Waals surface area contributed by atoms with E-state index in [1.807, 2.05) is 59.5 Å². The third kappa shape index (κ3) is 3.35. The first-order chi connectivity index (χ1) is 12.7. The zero-order valence-corrected chi connectivity index (χ0v) is 14.7. The number of carbonyl (C=O) groups is 1. The van der Waals surface area contributed by atoms with Gasteiger partial charge in [-0.05, 0) is 30.9 Å². The molecule has 0 bridgehead atoms. The number of carbonyl (C=O) groups excluding carboxylic acids is 1. The number of hydrogen-bond donors (Lipinski definition) is 1. The lowest BCUT2D eigenvalue weighted by molar-refractivity contribution is -0.133. The number of aliphatic hydroxyl groups excluding tert-OH is 1. The maximum absolute atomic E-state index is 12.9. The molecule has 2 aromatic carbocycles. The van der Waals surface area contributed by atoms with Gasteiger partial charge in [0.25, 0.3) is 0 Å². The van der Waals surface area contributed by atoms with Crippen LogP contribution in [0.1, 0.15) is 30.9 Å². The lowest BCUT2D eigenvalue weighted by Crippen LogP contribution is -2.38. The van der Waals surface area contributed by atoms with Gasteiger partial charge in [0.05, 0.1) is 17.8 Å². The molecular formula is C21H23N3O2. The number of hydrogen-bond acceptors (Lipinski definition) is 3. The third-order valence-electron chi connectivity index (χ3n) is 5.21. The van der Waals surface area contributed by atoms with Crippen LogP contribution in [-0.2, 0) is 11.3 Å². The van der Waals surface area contributed by atoms with Crippen molar-refractivity contribution in [2.75, 3.05) is 6.54 Å². The highest BCUT2D eigenvalue weighted by molar-refractivity contribution is 5.82. The lowest BCUT2D eigenvalue weighted by Gasteiger charge is -2.27.